The number of anilines is 1. The van der Waals surface area contributed by atoms with E-state index >= 15 is 0 Å². The van der Waals surface area contributed by atoms with Gasteiger partial charge in [0.05, 0.1) is 26.7 Å². The maximum atomic E-state index is 13.2. The SMILES string of the molecule is CCSc1sccc1C1C(C#N)=C(N)N(c2ccccc2[N+](=O)[O-])C2=C1C(=O)CCC2. The van der Waals surface area contributed by atoms with Crippen LogP contribution in [0.3, 0.4) is 0 Å². The first-order valence-corrected chi connectivity index (χ1v) is 11.8. The lowest BCUT2D eigenvalue weighted by atomic mass is 9.76. The highest BCUT2D eigenvalue weighted by Gasteiger charge is 2.42. The maximum Gasteiger partial charge on any atom is 0.293 e. The normalized spacial score (nSPS) is 18.8. The number of benzene rings is 1. The summed E-state index contributed by atoms with van der Waals surface area (Å²) < 4.78 is 1.05. The summed E-state index contributed by atoms with van der Waals surface area (Å²) >= 11 is 3.25. The Kier molecular flexibility index (Phi) is 5.85. The average Bonchev–Trinajstić information content (AvgIpc) is 3.21. The van der Waals surface area contributed by atoms with E-state index in [1.165, 1.54) is 6.07 Å². The van der Waals surface area contributed by atoms with Crippen molar-refractivity contribution in [1.82, 2.24) is 0 Å². The van der Waals surface area contributed by atoms with Crippen molar-refractivity contribution in [3.05, 3.63) is 74.1 Å². The molecule has 0 radical (unpaired) electrons. The molecule has 1 unspecified atom stereocenters. The zero-order valence-corrected chi connectivity index (χ0v) is 18.5. The molecule has 1 aromatic heterocycles. The Labute approximate surface area is 188 Å². The smallest absolute Gasteiger partial charge is 0.293 e. The number of nitro groups is 1. The molecule has 0 saturated carbocycles. The van der Waals surface area contributed by atoms with Crippen LogP contribution in [0.15, 0.2) is 62.6 Å². The van der Waals surface area contributed by atoms with Gasteiger partial charge in [0.1, 0.15) is 11.5 Å². The number of thiophene rings is 1. The minimum absolute atomic E-state index is 0.0336. The molecule has 2 aromatic rings. The summed E-state index contributed by atoms with van der Waals surface area (Å²) in [5.74, 6) is 0.429. The number of rotatable bonds is 5. The van der Waals surface area contributed by atoms with Gasteiger partial charge >= 0.3 is 0 Å². The molecule has 2 N–H and O–H groups in total. The van der Waals surface area contributed by atoms with Gasteiger partial charge in [-0.15, -0.1) is 23.1 Å². The number of Topliss-reactive ketones (excluding diaryl/α,β-unsaturated/α-hetero) is 1. The fraction of sp³-hybridized carbons (Fsp3) is 0.273. The predicted octanol–water partition coefficient (Wildman–Crippen LogP) is 5.07. The van der Waals surface area contributed by atoms with Crippen molar-refractivity contribution in [2.75, 3.05) is 10.7 Å². The largest absolute Gasteiger partial charge is 0.384 e. The molecular weight excluding hydrogens is 432 g/mol. The number of para-hydroxylation sites is 2. The predicted molar refractivity (Wildman–Crippen MR) is 122 cm³/mol. The minimum atomic E-state index is -0.549. The Morgan fingerprint density at radius 2 is 2.13 bits per heavy atom. The second kappa shape index (κ2) is 8.57. The molecule has 31 heavy (non-hydrogen) atoms. The molecule has 4 rings (SSSR count). The lowest BCUT2D eigenvalue weighted by Crippen LogP contribution is -2.39. The highest BCUT2D eigenvalue weighted by atomic mass is 32.2. The molecule has 0 fully saturated rings. The number of nitrogens with two attached hydrogens (primary N) is 1. The Hall–Kier alpha value is -3.09. The average molecular weight is 453 g/mol. The number of allylic oxidation sites excluding steroid dienone is 3. The van der Waals surface area contributed by atoms with Crippen molar-refractivity contribution >= 4 is 40.3 Å². The van der Waals surface area contributed by atoms with Crippen LogP contribution in [0.5, 0.6) is 0 Å². The van der Waals surface area contributed by atoms with Crippen LogP contribution in [0.4, 0.5) is 11.4 Å². The third-order valence-electron chi connectivity index (χ3n) is 5.48. The summed E-state index contributed by atoms with van der Waals surface area (Å²) in [5.41, 5.74) is 9.02. The van der Waals surface area contributed by atoms with Crippen molar-refractivity contribution in [3.8, 4) is 6.07 Å². The highest BCUT2D eigenvalue weighted by Crippen LogP contribution is 2.50. The van der Waals surface area contributed by atoms with E-state index in [9.17, 15) is 20.2 Å². The van der Waals surface area contributed by atoms with Gasteiger partial charge < -0.3 is 5.73 Å². The van der Waals surface area contributed by atoms with Crippen LogP contribution in [-0.2, 0) is 4.79 Å². The number of ketones is 1. The third-order valence-corrected chi connectivity index (χ3v) is 7.63. The first-order chi connectivity index (χ1) is 15.0. The summed E-state index contributed by atoms with van der Waals surface area (Å²) in [6.07, 6.45) is 1.58. The van der Waals surface area contributed by atoms with Crippen LogP contribution in [0.25, 0.3) is 0 Å². The van der Waals surface area contributed by atoms with Gasteiger partial charge in [0.25, 0.3) is 5.69 Å². The zero-order chi connectivity index (χ0) is 22.1. The molecule has 0 spiro atoms. The number of hydrogen-bond acceptors (Lipinski definition) is 8. The van der Waals surface area contributed by atoms with Gasteiger partial charge in [0.2, 0.25) is 0 Å². The summed E-state index contributed by atoms with van der Waals surface area (Å²) in [5, 5.41) is 23.7. The van der Waals surface area contributed by atoms with Gasteiger partial charge in [-0.05, 0) is 41.7 Å². The Bertz CT molecular complexity index is 1180. The molecular formula is C22H20N4O3S2. The van der Waals surface area contributed by atoms with Gasteiger partial charge in [-0.2, -0.15) is 5.26 Å². The molecule has 2 aliphatic rings. The van der Waals surface area contributed by atoms with Gasteiger partial charge in [-0.25, -0.2) is 0 Å². The fourth-order valence-electron chi connectivity index (χ4n) is 4.25. The van der Waals surface area contributed by atoms with Crippen molar-refractivity contribution in [3.63, 3.8) is 0 Å². The fourth-order valence-corrected chi connectivity index (χ4v) is 6.32. The number of nitro benzene ring substituents is 1. The zero-order valence-electron chi connectivity index (χ0n) is 16.8. The summed E-state index contributed by atoms with van der Waals surface area (Å²) in [6.45, 7) is 2.05. The maximum absolute atomic E-state index is 13.2. The molecule has 0 amide bonds. The summed E-state index contributed by atoms with van der Waals surface area (Å²) in [4.78, 5) is 25.9. The quantitative estimate of drug-likeness (QED) is 0.382. The molecule has 1 atom stereocenters. The monoisotopic (exact) mass is 452 g/mol. The van der Waals surface area contributed by atoms with E-state index in [4.69, 9.17) is 5.73 Å². The number of hydrogen-bond donors (Lipinski definition) is 1. The van der Waals surface area contributed by atoms with Crippen LogP contribution in [0.2, 0.25) is 0 Å². The van der Waals surface area contributed by atoms with Crippen molar-refractivity contribution < 1.29 is 9.72 Å². The topological polar surface area (TPSA) is 113 Å². The second-order valence-corrected chi connectivity index (χ2v) is 9.61. The second-order valence-electron chi connectivity index (χ2n) is 7.16. The van der Waals surface area contributed by atoms with Crippen molar-refractivity contribution in [2.24, 2.45) is 5.73 Å². The molecule has 1 aliphatic carbocycles. The highest BCUT2D eigenvalue weighted by molar-refractivity contribution is 8.01. The number of thioether (sulfide) groups is 1. The molecule has 158 valence electrons. The Morgan fingerprint density at radius 1 is 1.35 bits per heavy atom. The third kappa shape index (κ3) is 3.52. The molecule has 9 heteroatoms. The van der Waals surface area contributed by atoms with E-state index in [0.29, 0.717) is 30.5 Å². The van der Waals surface area contributed by atoms with E-state index in [1.54, 1.807) is 46.2 Å². The molecule has 7 nitrogen and oxygen atoms in total. The Morgan fingerprint density at radius 3 is 2.84 bits per heavy atom. The van der Waals surface area contributed by atoms with Gasteiger partial charge in [-0.3, -0.25) is 19.8 Å². The number of nitrogens with zero attached hydrogens (tertiary/aromatic N) is 3. The first-order valence-electron chi connectivity index (χ1n) is 9.89. The number of carbonyl (C=O) groups excluding carboxylic acids is 1. The van der Waals surface area contributed by atoms with Crippen LogP contribution in [0, 0.1) is 21.4 Å². The molecule has 1 aromatic carbocycles. The van der Waals surface area contributed by atoms with Crippen LogP contribution in [-0.4, -0.2) is 16.5 Å². The van der Waals surface area contributed by atoms with E-state index in [1.807, 2.05) is 11.4 Å². The van der Waals surface area contributed by atoms with E-state index in [-0.39, 0.29) is 28.6 Å². The first kappa shape index (κ1) is 21.2. The summed E-state index contributed by atoms with van der Waals surface area (Å²) in [7, 11) is 0. The van der Waals surface area contributed by atoms with Crippen LogP contribution in [0.1, 0.15) is 37.7 Å². The lowest BCUT2D eigenvalue weighted by Gasteiger charge is -2.39. The molecule has 0 saturated heterocycles. The lowest BCUT2D eigenvalue weighted by molar-refractivity contribution is -0.384. The summed E-state index contributed by atoms with van der Waals surface area (Å²) in [6, 6.07) is 10.4. The van der Waals surface area contributed by atoms with Crippen LogP contribution < -0.4 is 10.6 Å². The van der Waals surface area contributed by atoms with E-state index in [2.05, 4.69) is 13.0 Å². The standard InChI is InChI=1S/C22H20N4O3S2/c1-2-30-22-13(10-11-31-22)19-14(12-23)21(24)25(17-8-5-9-18(27)20(17)19)15-6-3-4-7-16(15)26(28)29/h3-4,6-7,10-11,19H,2,5,8-9,24H2,1H3. The number of nitriles is 1. The molecule has 2 heterocycles. The molecule has 0 bridgehead atoms. The van der Waals surface area contributed by atoms with Gasteiger partial charge in [0, 0.05) is 23.8 Å². The van der Waals surface area contributed by atoms with E-state index in [0.717, 1.165) is 15.5 Å². The van der Waals surface area contributed by atoms with E-state index < -0.39 is 10.8 Å². The van der Waals surface area contributed by atoms with Gasteiger partial charge in [0.15, 0.2) is 5.78 Å². The van der Waals surface area contributed by atoms with Crippen molar-refractivity contribution in [1.29, 1.82) is 5.26 Å². The number of carbonyl (C=O) groups is 1. The van der Waals surface area contributed by atoms with Crippen molar-refractivity contribution in [2.45, 2.75) is 36.3 Å². The molecule has 1 aliphatic heterocycles. The van der Waals surface area contributed by atoms with Gasteiger partial charge in [-0.1, -0.05) is 19.1 Å². The van der Waals surface area contributed by atoms with Crippen LogP contribution >= 0.6 is 23.1 Å². The Balaban J connectivity index is 1.99. The minimum Gasteiger partial charge on any atom is -0.384 e.